The maximum atomic E-state index is 12.4. The van der Waals surface area contributed by atoms with Gasteiger partial charge >= 0.3 is 5.97 Å². The lowest BCUT2D eigenvalue weighted by atomic mass is 10.2. The highest BCUT2D eigenvalue weighted by atomic mass is 16.5. The SMILES string of the molecule is COC(=O)[C@@H]1CCc2nc3ccccc3c(=O)n21. The van der Waals surface area contributed by atoms with E-state index in [-0.39, 0.29) is 11.5 Å². The number of aryl methyl sites for hydroxylation is 1. The van der Waals surface area contributed by atoms with Gasteiger partial charge in [-0.05, 0) is 18.6 Å². The molecule has 1 aromatic heterocycles. The molecule has 0 spiro atoms. The molecule has 92 valence electrons. The molecule has 1 aliphatic heterocycles. The predicted molar refractivity (Wildman–Crippen MR) is 65.4 cm³/mol. The van der Waals surface area contributed by atoms with Crippen molar-refractivity contribution >= 4 is 16.9 Å². The van der Waals surface area contributed by atoms with Gasteiger partial charge in [0.2, 0.25) is 0 Å². The van der Waals surface area contributed by atoms with E-state index in [0.717, 1.165) is 0 Å². The van der Waals surface area contributed by atoms with E-state index in [9.17, 15) is 9.59 Å². The van der Waals surface area contributed by atoms with Crippen LogP contribution in [-0.4, -0.2) is 22.6 Å². The van der Waals surface area contributed by atoms with Crippen molar-refractivity contribution in [2.24, 2.45) is 0 Å². The van der Waals surface area contributed by atoms with Crippen molar-refractivity contribution in [2.45, 2.75) is 18.9 Å². The summed E-state index contributed by atoms with van der Waals surface area (Å²) in [5, 5.41) is 0.539. The molecule has 0 amide bonds. The van der Waals surface area contributed by atoms with Gasteiger partial charge in [0, 0.05) is 6.42 Å². The number of aromatic nitrogens is 2. The van der Waals surface area contributed by atoms with Crippen LogP contribution in [0.15, 0.2) is 29.1 Å². The van der Waals surface area contributed by atoms with Crippen LogP contribution in [0.5, 0.6) is 0 Å². The summed E-state index contributed by atoms with van der Waals surface area (Å²) < 4.78 is 6.20. The van der Waals surface area contributed by atoms with E-state index < -0.39 is 6.04 Å². The van der Waals surface area contributed by atoms with Crippen molar-refractivity contribution < 1.29 is 9.53 Å². The van der Waals surface area contributed by atoms with Crippen LogP contribution in [0.25, 0.3) is 10.9 Å². The quantitative estimate of drug-likeness (QED) is 0.704. The zero-order valence-corrected chi connectivity index (χ0v) is 9.92. The summed E-state index contributed by atoms with van der Waals surface area (Å²) >= 11 is 0. The number of hydrogen-bond acceptors (Lipinski definition) is 4. The lowest BCUT2D eigenvalue weighted by molar-refractivity contribution is -0.144. The second kappa shape index (κ2) is 3.94. The molecule has 3 rings (SSSR count). The zero-order valence-electron chi connectivity index (χ0n) is 9.92. The summed E-state index contributed by atoms with van der Waals surface area (Å²) in [4.78, 5) is 28.5. The van der Waals surface area contributed by atoms with Crippen molar-refractivity contribution in [3.63, 3.8) is 0 Å². The van der Waals surface area contributed by atoms with Crippen LogP contribution in [0, 0.1) is 0 Å². The Morgan fingerprint density at radius 1 is 1.44 bits per heavy atom. The van der Waals surface area contributed by atoms with E-state index in [1.54, 1.807) is 12.1 Å². The van der Waals surface area contributed by atoms with Crippen molar-refractivity contribution in [1.29, 1.82) is 0 Å². The number of fused-ring (bicyclic) bond motifs is 2. The van der Waals surface area contributed by atoms with Crippen LogP contribution in [0.2, 0.25) is 0 Å². The third kappa shape index (κ3) is 1.44. The Kier molecular flexibility index (Phi) is 2.40. The summed E-state index contributed by atoms with van der Waals surface area (Å²) in [5.41, 5.74) is 0.516. The van der Waals surface area contributed by atoms with Crippen molar-refractivity contribution in [2.75, 3.05) is 7.11 Å². The van der Waals surface area contributed by atoms with Gasteiger partial charge < -0.3 is 4.74 Å². The lowest BCUT2D eigenvalue weighted by Crippen LogP contribution is -2.29. The van der Waals surface area contributed by atoms with E-state index in [1.807, 2.05) is 12.1 Å². The Labute approximate surface area is 103 Å². The smallest absolute Gasteiger partial charge is 0.329 e. The molecule has 0 aliphatic carbocycles. The third-order valence-corrected chi connectivity index (χ3v) is 3.31. The Hall–Kier alpha value is -2.17. The number of esters is 1. The maximum Gasteiger partial charge on any atom is 0.329 e. The molecule has 0 bridgehead atoms. The van der Waals surface area contributed by atoms with E-state index >= 15 is 0 Å². The third-order valence-electron chi connectivity index (χ3n) is 3.31. The van der Waals surface area contributed by atoms with Gasteiger partial charge in [-0.1, -0.05) is 12.1 Å². The number of hydrogen-bond donors (Lipinski definition) is 0. The first-order chi connectivity index (χ1) is 8.72. The molecule has 5 nitrogen and oxygen atoms in total. The van der Waals surface area contributed by atoms with E-state index in [0.29, 0.717) is 29.6 Å². The van der Waals surface area contributed by atoms with Gasteiger partial charge in [-0.2, -0.15) is 0 Å². The molecule has 2 aromatic rings. The molecular formula is C13H12N2O3. The number of para-hydroxylation sites is 1. The second-order valence-corrected chi connectivity index (χ2v) is 4.30. The molecular weight excluding hydrogens is 232 g/mol. The molecule has 1 atom stereocenters. The summed E-state index contributed by atoms with van der Waals surface area (Å²) in [6.45, 7) is 0. The summed E-state index contributed by atoms with van der Waals surface area (Å²) in [7, 11) is 1.33. The number of rotatable bonds is 1. The minimum absolute atomic E-state index is 0.163. The minimum atomic E-state index is -0.533. The number of nitrogens with zero attached hydrogens (tertiary/aromatic N) is 2. The Morgan fingerprint density at radius 2 is 2.22 bits per heavy atom. The van der Waals surface area contributed by atoms with Crippen LogP contribution in [0.3, 0.4) is 0 Å². The monoisotopic (exact) mass is 244 g/mol. The molecule has 0 fully saturated rings. The van der Waals surface area contributed by atoms with Crippen molar-refractivity contribution in [3.05, 3.63) is 40.4 Å². The van der Waals surface area contributed by atoms with Gasteiger partial charge in [-0.25, -0.2) is 9.78 Å². The lowest BCUT2D eigenvalue weighted by Gasteiger charge is -2.12. The average Bonchev–Trinajstić information content (AvgIpc) is 2.82. The fourth-order valence-electron chi connectivity index (χ4n) is 2.44. The number of ether oxygens (including phenoxy) is 1. The van der Waals surface area contributed by atoms with Crippen LogP contribution in [0.4, 0.5) is 0 Å². The first-order valence-corrected chi connectivity index (χ1v) is 5.80. The average molecular weight is 244 g/mol. The first-order valence-electron chi connectivity index (χ1n) is 5.80. The van der Waals surface area contributed by atoms with Gasteiger partial charge in [0.25, 0.3) is 5.56 Å². The van der Waals surface area contributed by atoms with Crippen molar-refractivity contribution in [1.82, 2.24) is 9.55 Å². The molecule has 0 N–H and O–H groups in total. The zero-order chi connectivity index (χ0) is 12.7. The fraction of sp³-hybridized carbons (Fsp3) is 0.308. The highest BCUT2D eigenvalue weighted by Gasteiger charge is 2.31. The van der Waals surface area contributed by atoms with E-state index in [4.69, 9.17) is 4.74 Å². The normalized spacial score (nSPS) is 17.7. The fourth-order valence-corrected chi connectivity index (χ4v) is 2.44. The summed E-state index contributed by atoms with van der Waals surface area (Å²) in [6.07, 6.45) is 1.20. The molecule has 0 saturated carbocycles. The molecule has 1 aliphatic rings. The standard InChI is InChI=1S/C13H12N2O3/c1-18-13(17)10-6-7-11-14-9-5-3-2-4-8(9)12(16)15(10)11/h2-5,10H,6-7H2,1H3/t10-/m0/s1. The van der Waals surface area contributed by atoms with Crippen molar-refractivity contribution in [3.8, 4) is 0 Å². The number of benzene rings is 1. The van der Waals surface area contributed by atoms with Crippen LogP contribution in [-0.2, 0) is 16.0 Å². The van der Waals surface area contributed by atoms with E-state index in [1.165, 1.54) is 11.7 Å². The highest BCUT2D eigenvalue weighted by molar-refractivity contribution is 5.79. The molecule has 0 unspecified atom stereocenters. The summed E-state index contributed by atoms with van der Waals surface area (Å²) in [5.74, 6) is 0.280. The number of methoxy groups -OCH3 is 1. The minimum Gasteiger partial charge on any atom is -0.467 e. The largest absolute Gasteiger partial charge is 0.467 e. The topological polar surface area (TPSA) is 61.2 Å². The van der Waals surface area contributed by atoms with Gasteiger partial charge in [-0.3, -0.25) is 9.36 Å². The molecule has 2 heterocycles. The van der Waals surface area contributed by atoms with Gasteiger partial charge in [0.05, 0.1) is 18.0 Å². The molecule has 18 heavy (non-hydrogen) atoms. The molecule has 0 radical (unpaired) electrons. The van der Waals surface area contributed by atoms with Gasteiger partial charge in [0.1, 0.15) is 11.9 Å². The number of carbonyl (C=O) groups excluding carboxylic acids is 1. The highest BCUT2D eigenvalue weighted by Crippen LogP contribution is 2.24. The maximum absolute atomic E-state index is 12.4. The van der Waals surface area contributed by atoms with Crippen LogP contribution < -0.4 is 5.56 Å². The van der Waals surface area contributed by atoms with Gasteiger partial charge in [-0.15, -0.1) is 0 Å². The Balaban J connectivity index is 2.28. The molecule has 0 saturated heterocycles. The first kappa shape index (κ1) is 11.0. The van der Waals surface area contributed by atoms with Crippen LogP contribution >= 0.6 is 0 Å². The predicted octanol–water partition coefficient (Wildman–Crippen LogP) is 1.06. The molecule has 5 heteroatoms. The molecule has 1 aromatic carbocycles. The van der Waals surface area contributed by atoms with E-state index in [2.05, 4.69) is 4.98 Å². The Morgan fingerprint density at radius 3 is 3.00 bits per heavy atom. The van der Waals surface area contributed by atoms with Gasteiger partial charge in [0.15, 0.2) is 0 Å². The second-order valence-electron chi connectivity index (χ2n) is 4.30. The number of carbonyl (C=O) groups is 1. The van der Waals surface area contributed by atoms with Crippen LogP contribution in [0.1, 0.15) is 18.3 Å². The Bertz CT molecular complexity index is 690. The summed E-state index contributed by atoms with van der Waals surface area (Å²) in [6, 6.07) is 6.64.